The molecule has 1 aromatic carbocycles. The van der Waals surface area contributed by atoms with E-state index in [0.717, 1.165) is 63.8 Å². The Morgan fingerprint density at radius 1 is 1.20 bits per heavy atom. The van der Waals surface area contributed by atoms with Crippen LogP contribution in [0.2, 0.25) is 0 Å². The molecule has 0 saturated carbocycles. The second-order valence-corrected chi connectivity index (χ2v) is 6.73. The molecule has 1 saturated heterocycles. The van der Waals surface area contributed by atoms with E-state index in [2.05, 4.69) is 55.3 Å². The molecule has 6 nitrogen and oxygen atoms in total. The van der Waals surface area contributed by atoms with Crippen molar-refractivity contribution in [1.82, 2.24) is 25.0 Å². The number of hydrogen-bond donors (Lipinski definition) is 1. The minimum absolute atomic E-state index is 0.280. The van der Waals surface area contributed by atoms with E-state index in [-0.39, 0.29) is 6.04 Å². The minimum Gasteiger partial charge on any atom is -0.385 e. The van der Waals surface area contributed by atoms with Gasteiger partial charge in [-0.05, 0) is 25.3 Å². The van der Waals surface area contributed by atoms with Crippen molar-refractivity contribution >= 4 is 0 Å². The summed E-state index contributed by atoms with van der Waals surface area (Å²) in [6, 6.07) is 11.0. The summed E-state index contributed by atoms with van der Waals surface area (Å²) >= 11 is 0. The van der Waals surface area contributed by atoms with E-state index < -0.39 is 0 Å². The molecule has 1 aliphatic heterocycles. The molecule has 3 rings (SSSR count). The van der Waals surface area contributed by atoms with Crippen molar-refractivity contribution in [1.29, 1.82) is 0 Å². The Bertz CT molecular complexity index is 630. The molecular weight excluding hydrogens is 314 g/mol. The summed E-state index contributed by atoms with van der Waals surface area (Å²) in [5, 5.41) is 7.44. The van der Waals surface area contributed by atoms with Crippen LogP contribution in [0.25, 0.3) is 0 Å². The zero-order valence-corrected chi connectivity index (χ0v) is 15.3. The highest BCUT2D eigenvalue weighted by Gasteiger charge is 2.27. The number of benzene rings is 1. The van der Waals surface area contributed by atoms with Crippen molar-refractivity contribution in [2.45, 2.75) is 32.4 Å². The van der Waals surface area contributed by atoms with Crippen LogP contribution in [-0.2, 0) is 11.3 Å². The van der Waals surface area contributed by atoms with Crippen molar-refractivity contribution in [3.8, 4) is 0 Å². The lowest BCUT2D eigenvalue weighted by Gasteiger charge is -2.27. The molecule has 1 unspecified atom stereocenters. The zero-order valence-electron chi connectivity index (χ0n) is 15.3. The summed E-state index contributed by atoms with van der Waals surface area (Å²) in [4.78, 5) is 9.67. The monoisotopic (exact) mass is 343 g/mol. The predicted molar refractivity (Wildman–Crippen MR) is 98.3 cm³/mol. The van der Waals surface area contributed by atoms with Crippen LogP contribution in [-0.4, -0.2) is 64.9 Å². The van der Waals surface area contributed by atoms with Gasteiger partial charge >= 0.3 is 0 Å². The first-order chi connectivity index (χ1) is 12.3. The van der Waals surface area contributed by atoms with Crippen LogP contribution in [0.1, 0.15) is 36.1 Å². The number of rotatable bonds is 7. The Morgan fingerprint density at radius 3 is 2.76 bits per heavy atom. The molecule has 0 aliphatic carbocycles. The van der Waals surface area contributed by atoms with Crippen LogP contribution in [0, 0.1) is 6.92 Å². The third kappa shape index (κ3) is 5.11. The smallest absolute Gasteiger partial charge is 0.167 e. The lowest BCUT2D eigenvalue weighted by Crippen LogP contribution is -2.33. The fourth-order valence-electron chi connectivity index (χ4n) is 3.51. The summed E-state index contributed by atoms with van der Waals surface area (Å²) in [5.74, 6) is 1.81. The molecule has 0 amide bonds. The lowest BCUT2D eigenvalue weighted by atomic mass is 10.1. The molecule has 2 heterocycles. The van der Waals surface area contributed by atoms with Crippen LogP contribution < -0.4 is 0 Å². The SMILES string of the molecule is COCCCN1CCN(Cc2ccccc2)CCC1c1n[nH]c(C)n1. The molecule has 25 heavy (non-hydrogen) atoms. The number of nitrogens with one attached hydrogen (secondary N) is 1. The van der Waals surface area contributed by atoms with E-state index in [0.29, 0.717) is 0 Å². The second kappa shape index (κ2) is 9.08. The Balaban J connectivity index is 1.67. The van der Waals surface area contributed by atoms with E-state index in [1.165, 1.54) is 5.56 Å². The van der Waals surface area contributed by atoms with E-state index in [1.807, 2.05) is 6.92 Å². The molecule has 1 aliphatic rings. The average molecular weight is 343 g/mol. The Labute approximate surface area is 150 Å². The number of methoxy groups -OCH3 is 1. The maximum absolute atomic E-state index is 5.23. The molecule has 1 N–H and O–H groups in total. The molecule has 136 valence electrons. The highest BCUT2D eigenvalue weighted by atomic mass is 16.5. The predicted octanol–water partition coefficient (Wildman–Crippen LogP) is 2.40. The summed E-state index contributed by atoms with van der Waals surface area (Å²) in [5.41, 5.74) is 1.38. The lowest BCUT2D eigenvalue weighted by molar-refractivity contribution is 0.148. The molecule has 0 spiro atoms. The molecule has 6 heteroatoms. The quantitative estimate of drug-likeness (QED) is 0.783. The van der Waals surface area contributed by atoms with Crippen LogP contribution in [0.5, 0.6) is 0 Å². The number of nitrogens with zero attached hydrogens (tertiary/aromatic N) is 4. The van der Waals surface area contributed by atoms with Gasteiger partial charge in [-0.2, -0.15) is 5.10 Å². The number of aryl methyl sites for hydroxylation is 1. The highest BCUT2D eigenvalue weighted by Crippen LogP contribution is 2.25. The largest absolute Gasteiger partial charge is 0.385 e. The van der Waals surface area contributed by atoms with E-state index >= 15 is 0 Å². The Kier molecular flexibility index (Phi) is 6.55. The number of hydrogen-bond acceptors (Lipinski definition) is 5. The molecular formula is C19H29N5O. The van der Waals surface area contributed by atoms with Crippen LogP contribution in [0.4, 0.5) is 0 Å². The van der Waals surface area contributed by atoms with Gasteiger partial charge in [-0.1, -0.05) is 30.3 Å². The van der Waals surface area contributed by atoms with Crippen LogP contribution in [0.3, 0.4) is 0 Å². The fourth-order valence-corrected chi connectivity index (χ4v) is 3.51. The summed E-state index contributed by atoms with van der Waals surface area (Å²) in [7, 11) is 1.76. The van der Waals surface area contributed by atoms with Crippen LogP contribution in [0.15, 0.2) is 30.3 Å². The molecule has 1 aromatic heterocycles. The third-order valence-electron chi connectivity index (χ3n) is 4.82. The van der Waals surface area contributed by atoms with Gasteiger partial charge in [0.25, 0.3) is 0 Å². The van der Waals surface area contributed by atoms with E-state index in [4.69, 9.17) is 4.74 Å². The summed E-state index contributed by atoms with van der Waals surface area (Å²) in [6.07, 6.45) is 2.09. The first-order valence-corrected chi connectivity index (χ1v) is 9.14. The maximum atomic E-state index is 5.23. The van der Waals surface area contributed by atoms with Crippen molar-refractivity contribution in [3.05, 3.63) is 47.5 Å². The minimum atomic E-state index is 0.280. The van der Waals surface area contributed by atoms with Gasteiger partial charge in [0.15, 0.2) is 5.82 Å². The summed E-state index contributed by atoms with van der Waals surface area (Å²) in [6.45, 7) is 7.95. The Morgan fingerprint density at radius 2 is 2.04 bits per heavy atom. The van der Waals surface area contributed by atoms with Gasteiger partial charge in [0, 0.05) is 46.4 Å². The first kappa shape index (κ1) is 18.0. The van der Waals surface area contributed by atoms with Crippen molar-refractivity contribution < 1.29 is 4.74 Å². The van der Waals surface area contributed by atoms with Crippen molar-refractivity contribution in [2.24, 2.45) is 0 Å². The topological polar surface area (TPSA) is 57.3 Å². The van der Waals surface area contributed by atoms with Gasteiger partial charge in [0.1, 0.15) is 5.82 Å². The zero-order chi connectivity index (χ0) is 17.5. The normalized spacial score (nSPS) is 19.8. The molecule has 1 fully saturated rings. The van der Waals surface area contributed by atoms with Gasteiger partial charge in [-0.25, -0.2) is 4.98 Å². The molecule has 2 aromatic rings. The van der Waals surface area contributed by atoms with E-state index in [1.54, 1.807) is 7.11 Å². The van der Waals surface area contributed by atoms with Crippen molar-refractivity contribution in [2.75, 3.05) is 39.9 Å². The molecule has 0 radical (unpaired) electrons. The standard InChI is InChI=1S/C19H29N5O/c1-16-20-19(22-21-16)18-9-11-23(15-17-7-4-3-5-8-17)12-13-24(18)10-6-14-25-2/h3-5,7-8,18H,6,9-15H2,1-2H3,(H,20,21,22). The number of H-pyrrole nitrogens is 1. The first-order valence-electron chi connectivity index (χ1n) is 9.14. The van der Waals surface area contributed by atoms with Crippen molar-refractivity contribution in [3.63, 3.8) is 0 Å². The number of ether oxygens (including phenoxy) is 1. The fraction of sp³-hybridized carbons (Fsp3) is 0.579. The molecule has 1 atom stereocenters. The second-order valence-electron chi connectivity index (χ2n) is 6.73. The van der Waals surface area contributed by atoms with E-state index in [9.17, 15) is 0 Å². The van der Waals surface area contributed by atoms with Crippen LogP contribution >= 0.6 is 0 Å². The molecule has 0 bridgehead atoms. The Hall–Kier alpha value is -1.76. The number of aromatic amines is 1. The highest BCUT2D eigenvalue weighted by molar-refractivity contribution is 5.14. The van der Waals surface area contributed by atoms with Gasteiger partial charge in [0.2, 0.25) is 0 Å². The van der Waals surface area contributed by atoms with Gasteiger partial charge < -0.3 is 4.74 Å². The average Bonchev–Trinajstić information content (AvgIpc) is 2.95. The van der Waals surface area contributed by atoms with Gasteiger partial charge in [0.05, 0.1) is 6.04 Å². The van der Waals surface area contributed by atoms with Gasteiger partial charge in [-0.15, -0.1) is 0 Å². The maximum Gasteiger partial charge on any atom is 0.167 e. The summed E-state index contributed by atoms with van der Waals surface area (Å²) < 4.78 is 5.23. The number of aromatic nitrogens is 3. The van der Waals surface area contributed by atoms with Gasteiger partial charge in [-0.3, -0.25) is 14.9 Å². The third-order valence-corrected chi connectivity index (χ3v) is 4.82.